The fraction of sp³-hybridized carbons (Fsp3) is 0.647. The maximum absolute atomic E-state index is 5.39. The summed E-state index contributed by atoms with van der Waals surface area (Å²) in [5, 5.41) is 3.66. The molecule has 1 saturated heterocycles. The van der Waals surface area contributed by atoms with Crippen LogP contribution >= 0.6 is 0 Å². The van der Waals surface area contributed by atoms with Crippen molar-refractivity contribution in [2.45, 2.75) is 38.6 Å². The Morgan fingerprint density at radius 2 is 1.95 bits per heavy atom. The topological polar surface area (TPSA) is 30.5 Å². The second-order valence-electron chi connectivity index (χ2n) is 5.75. The van der Waals surface area contributed by atoms with Crippen LogP contribution in [-0.4, -0.2) is 32.9 Å². The first-order valence-electron chi connectivity index (χ1n) is 7.72. The SMILES string of the molecule is COc1ccc(CCC(C)NCC2CCOCC2)cc1. The monoisotopic (exact) mass is 277 g/mol. The van der Waals surface area contributed by atoms with E-state index in [1.54, 1.807) is 7.11 Å². The molecule has 0 amide bonds. The summed E-state index contributed by atoms with van der Waals surface area (Å²) in [6.45, 7) is 5.29. The van der Waals surface area contributed by atoms with Crippen molar-refractivity contribution >= 4 is 0 Å². The fourth-order valence-corrected chi connectivity index (χ4v) is 2.60. The summed E-state index contributed by atoms with van der Waals surface area (Å²) >= 11 is 0. The molecule has 1 heterocycles. The maximum Gasteiger partial charge on any atom is 0.118 e. The van der Waals surface area contributed by atoms with Gasteiger partial charge in [0.25, 0.3) is 0 Å². The third-order valence-corrected chi connectivity index (χ3v) is 4.12. The smallest absolute Gasteiger partial charge is 0.118 e. The van der Waals surface area contributed by atoms with E-state index in [0.29, 0.717) is 6.04 Å². The largest absolute Gasteiger partial charge is 0.497 e. The first-order chi connectivity index (χ1) is 9.78. The molecule has 1 atom stereocenters. The molecule has 0 saturated carbocycles. The molecule has 1 fully saturated rings. The molecule has 0 bridgehead atoms. The minimum absolute atomic E-state index is 0.569. The van der Waals surface area contributed by atoms with Crippen molar-refractivity contribution in [2.75, 3.05) is 26.9 Å². The lowest BCUT2D eigenvalue weighted by Gasteiger charge is -2.24. The summed E-state index contributed by atoms with van der Waals surface area (Å²) < 4.78 is 10.6. The molecule has 2 rings (SSSR count). The number of rotatable bonds is 7. The van der Waals surface area contributed by atoms with Crippen molar-refractivity contribution in [3.05, 3.63) is 29.8 Å². The Morgan fingerprint density at radius 1 is 1.25 bits per heavy atom. The predicted octanol–water partition coefficient (Wildman–Crippen LogP) is 3.03. The lowest BCUT2D eigenvalue weighted by molar-refractivity contribution is 0.0655. The summed E-state index contributed by atoms with van der Waals surface area (Å²) in [5.74, 6) is 1.73. The van der Waals surface area contributed by atoms with Crippen molar-refractivity contribution < 1.29 is 9.47 Å². The molecular weight excluding hydrogens is 250 g/mol. The van der Waals surface area contributed by atoms with Gasteiger partial charge in [-0.15, -0.1) is 0 Å². The Bertz CT molecular complexity index is 371. The molecule has 1 unspecified atom stereocenters. The predicted molar refractivity (Wildman–Crippen MR) is 82.3 cm³/mol. The van der Waals surface area contributed by atoms with Crippen molar-refractivity contribution in [3.8, 4) is 5.75 Å². The van der Waals surface area contributed by atoms with E-state index in [-0.39, 0.29) is 0 Å². The van der Waals surface area contributed by atoms with E-state index in [2.05, 4.69) is 24.4 Å². The Kier molecular flexibility index (Phi) is 6.34. The van der Waals surface area contributed by atoms with Gasteiger partial charge in [-0.25, -0.2) is 0 Å². The Balaban J connectivity index is 1.64. The molecule has 0 radical (unpaired) electrons. The fourth-order valence-electron chi connectivity index (χ4n) is 2.60. The number of benzene rings is 1. The first kappa shape index (κ1) is 15.3. The van der Waals surface area contributed by atoms with Gasteiger partial charge in [0, 0.05) is 19.3 Å². The number of nitrogens with one attached hydrogen (secondary N) is 1. The van der Waals surface area contributed by atoms with E-state index in [4.69, 9.17) is 9.47 Å². The minimum Gasteiger partial charge on any atom is -0.497 e. The lowest BCUT2D eigenvalue weighted by Crippen LogP contribution is -2.33. The Morgan fingerprint density at radius 3 is 2.60 bits per heavy atom. The van der Waals surface area contributed by atoms with Crippen LogP contribution in [0.15, 0.2) is 24.3 Å². The third kappa shape index (κ3) is 5.14. The van der Waals surface area contributed by atoms with Gasteiger partial charge in [0.2, 0.25) is 0 Å². The second-order valence-corrected chi connectivity index (χ2v) is 5.75. The normalized spacial score (nSPS) is 17.9. The number of hydrogen-bond acceptors (Lipinski definition) is 3. The first-order valence-corrected chi connectivity index (χ1v) is 7.72. The maximum atomic E-state index is 5.39. The van der Waals surface area contributed by atoms with Crippen molar-refractivity contribution in [3.63, 3.8) is 0 Å². The number of hydrogen-bond donors (Lipinski definition) is 1. The van der Waals surface area contributed by atoms with Gasteiger partial charge < -0.3 is 14.8 Å². The molecule has 1 N–H and O–H groups in total. The molecular formula is C17H27NO2. The number of methoxy groups -OCH3 is 1. The molecule has 0 aliphatic carbocycles. The van der Waals surface area contributed by atoms with E-state index < -0.39 is 0 Å². The van der Waals surface area contributed by atoms with Crippen LogP contribution in [0, 0.1) is 5.92 Å². The summed E-state index contributed by atoms with van der Waals surface area (Å²) in [5.41, 5.74) is 1.38. The van der Waals surface area contributed by atoms with E-state index in [0.717, 1.165) is 37.8 Å². The second kappa shape index (κ2) is 8.28. The molecule has 20 heavy (non-hydrogen) atoms. The molecule has 0 aromatic heterocycles. The van der Waals surface area contributed by atoms with Gasteiger partial charge in [-0.2, -0.15) is 0 Å². The van der Waals surface area contributed by atoms with Gasteiger partial charge in [0.15, 0.2) is 0 Å². The molecule has 3 heteroatoms. The summed E-state index contributed by atoms with van der Waals surface area (Å²) in [6.07, 6.45) is 4.71. The molecule has 1 aliphatic heterocycles. The zero-order valence-corrected chi connectivity index (χ0v) is 12.7. The van der Waals surface area contributed by atoms with E-state index in [1.807, 2.05) is 12.1 Å². The van der Waals surface area contributed by atoms with Crippen molar-refractivity contribution in [1.82, 2.24) is 5.32 Å². The highest BCUT2D eigenvalue weighted by Crippen LogP contribution is 2.15. The van der Waals surface area contributed by atoms with E-state index >= 15 is 0 Å². The highest BCUT2D eigenvalue weighted by molar-refractivity contribution is 5.27. The van der Waals surface area contributed by atoms with E-state index in [1.165, 1.54) is 24.8 Å². The van der Waals surface area contributed by atoms with Crippen LogP contribution in [0.2, 0.25) is 0 Å². The van der Waals surface area contributed by atoms with E-state index in [9.17, 15) is 0 Å². The van der Waals surface area contributed by atoms with Gasteiger partial charge in [0.1, 0.15) is 5.75 Å². The highest BCUT2D eigenvalue weighted by Gasteiger charge is 2.14. The van der Waals surface area contributed by atoms with Gasteiger partial charge >= 0.3 is 0 Å². The molecule has 3 nitrogen and oxygen atoms in total. The quantitative estimate of drug-likeness (QED) is 0.831. The molecule has 0 spiro atoms. The molecule has 1 aliphatic rings. The van der Waals surface area contributed by atoms with Crippen LogP contribution in [0.4, 0.5) is 0 Å². The van der Waals surface area contributed by atoms with Gasteiger partial charge in [-0.3, -0.25) is 0 Å². The Hall–Kier alpha value is -1.06. The standard InChI is InChI=1S/C17H27NO2/c1-14(18-13-16-9-11-20-12-10-16)3-4-15-5-7-17(19-2)8-6-15/h5-8,14,16,18H,3-4,9-13H2,1-2H3. The third-order valence-electron chi connectivity index (χ3n) is 4.12. The lowest BCUT2D eigenvalue weighted by atomic mass is 9.99. The van der Waals surface area contributed by atoms with Crippen LogP contribution in [0.25, 0.3) is 0 Å². The average Bonchev–Trinajstić information content (AvgIpc) is 2.52. The van der Waals surface area contributed by atoms with Gasteiger partial charge in [-0.1, -0.05) is 12.1 Å². The number of ether oxygens (including phenoxy) is 2. The molecule has 1 aromatic rings. The van der Waals surface area contributed by atoms with Crippen molar-refractivity contribution in [1.29, 1.82) is 0 Å². The molecule has 112 valence electrons. The van der Waals surface area contributed by atoms with Crippen LogP contribution in [0.1, 0.15) is 31.7 Å². The van der Waals surface area contributed by atoms with Crippen LogP contribution in [0.5, 0.6) is 5.75 Å². The molecule has 1 aromatic carbocycles. The van der Waals surface area contributed by atoms with Crippen LogP contribution in [0.3, 0.4) is 0 Å². The zero-order chi connectivity index (χ0) is 14.2. The van der Waals surface area contributed by atoms with Gasteiger partial charge in [0.05, 0.1) is 7.11 Å². The van der Waals surface area contributed by atoms with Crippen LogP contribution < -0.4 is 10.1 Å². The highest BCUT2D eigenvalue weighted by atomic mass is 16.5. The minimum atomic E-state index is 0.569. The number of aryl methyl sites for hydroxylation is 1. The van der Waals surface area contributed by atoms with Crippen LogP contribution in [-0.2, 0) is 11.2 Å². The van der Waals surface area contributed by atoms with Gasteiger partial charge in [-0.05, 0) is 62.8 Å². The van der Waals surface area contributed by atoms with Crippen molar-refractivity contribution in [2.24, 2.45) is 5.92 Å². The summed E-state index contributed by atoms with van der Waals surface area (Å²) in [6, 6.07) is 8.96. The summed E-state index contributed by atoms with van der Waals surface area (Å²) in [4.78, 5) is 0. The Labute approximate surface area is 122 Å². The summed E-state index contributed by atoms with van der Waals surface area (Å²) in [7, 11) is 1.71. The average molecular weight is 277 g/mol. The zero-order valence-electron chi connectivity index (χ0n) is 12.7.